The number of aliphatic imine (C=N–C) groups is 1. The van der Waals surface area contributed by atoms with E-state index in [0.29, 0.717) is 0 Å². The van der Waals surface area contributed by atoms with Gasteiger partial charge in [0.25, 0.3) is 0 Å². The minimum atomic E-state index is -1.51. The van der Waals surface area contributed by atoms with E-state index >= 15 is 0 Å². The summed E-state index contributed by atoms with van der Waals surface area (Å²) in [6.45, 7) is 5.96. The SMILES string of the molecule is CCN(CC)c1ccc(C=Nc2ccc(F)c(F)c2F)cc1. The largest absolute Gasteiger partial charge is 0.372 e. The molecule has 22 heavy (non-hydrogen) atoms. The summed E-state index contributed by atoms with van der Waals surface area (Å²) in [7, 11) is 0. The van der Waals surface area contributed by atoms with Crippen LogP contribution >= 0.6 is 0 Å². The van der Waals surface area contributed by atoms with Crippen molar-refractivity contribution in [1.29, 1.82) is 0 Å². The fourth-order valence-electron chi connectivity index (χ4n) is 2.12. The zero-order valence-electron chi connectivity index (χ0n) is 12.5. The predicted molar refractivity (Wildman–Crippen MR) is 83.6 cm³/mol. The average Bonchev–Trinajstić information content (AvgIpc) is 2.54. The second-order valence-corrected chi connectivity index (χ2v) is 4.72. The molecule has 0 saturated carbocycles. The molecule has 2 aromatic carbocycles. The summed E-state index contributed by atoms with van der Waals surface area (Å²) >= 11 is 0. The Morgan fingerprint density at radius 1 is 0.909 bits per heavy atom. The van der Waals surface area contributed by atoms with Crippen LogP contribution in [0.5, 0.6) is 0 Å². The predicted octanol–water partition coefficient (Wildman–Crippen LogP) is 4.70. The van der Waals surface area contributed by atoms with Gasteiger partial charge in [0.15, 0.2) is 17.5 Å². The van der Waals surface area contributed by atoms with E-state index in [0.717, 1.165) is 36.5 Å². The monoisotopic (exact) mass is 306 g/mol. The Morgan fingerprint density at radius 3 is 2.14 bits per heavy atom. The van der Waals surface area contributed by atoms with Crippen molar-refractivity contribution >= 4 is 17.6 Å². The topological polar surface area (TPSA) is 15.6 Å². The number of hydrogen-bond donors (Lipinski definition) is 0. The minimum Gasteiger partial charge on any atom is -0.372 e. The maximum absolute atomic E-state index is 13.5. The molecule has 0 aliphatic heterocycles. The van der Waals surface area contributed by atoms with Crippen molar-refractivity contribution in [3.63, 3.8) is 0 Å². The molecule has 2 nitrogen and oxygen atoms in total. The zero-order valence-corrected chi connectivity index (χ0v) is 12.5. The number of nitrogens with zero attached hydrogens (tertiary/aromatic N) is 2. The number of hydrogen-bond acceptors (Lipinski definition) is 2. The Kier molecular flexibility index (Phi) is 5.20. The van der Waals surface area contributed by atoms with E-state index in [-0.39, 0.29) is 5.69 Å². The van der Waals surface area contributed by atoms with Crippen molar-refractivity contribution in [2.45, 2.75) is 13.8 Å². The van der Waals surface area contributed by atoms with Crippen LogP contribution in [-0.2, 0) is 0 Å². The molecule has 0 aromatic heterocycles. The van der Waals surface area contributed by atoms with Gasteiger partial charge in [0, 0.05) is 25.0 Å². The zero-order chi connectivity index (χ0) is 16.1. The molecule has 0 heterocycles. The van der Waals surface area contributed by atoms with Crippen LogP contribution in [-0.4, -0.2) is 19.3 Å². The Morgan fingerprint density at radius 2 is 1.55 bits per heavy atom. The van der Waals surface area contributed by atoms with Gasteiger partial charge in [-0.3, -0.25) is 4.99 Å². The van der Waals surface area contributed by atoms with Gasteiger partial charge in [-0.05, 0) is 43.7 Å². The highest BCUT2D eigenvalue weighted by Gasteiger charge is 2.12. The van der Waals surface area contributed by atoms with Crippen LogP contribution in [0.25, 0.3) is 0 Å². The summed E-state index contributed by atoms with van der Waals surface area (Å²) in [5.41, 5.74) is 1.60. The van der Waals surface area contributed by atoms with Crippen molar-refractivity contribution in [2.75, 3.05) is 18.0 Å². The molecule has 0 unspecified atom stereocenters. The first kappa shape index (κ1) is 16.1. The van der Waals surface area contributed by atoms with Gasteiger partial charge in [0.05, 0.1) is 0 Å². The summed E-state index contributed by atoms with van der Waals surface area (Å²) in [6.07, 6.45) is 1.42. The van der Waals surface area contributed by atoms with Crippen molar-refractivity contribution in [3.8, 4) is 0 Å². The lowest BCUT2D eigenvalue weighted by molar-refractivity contribution is 0.448. The Balaban J connectivity index is 2.19. The van der Waals surface area contributed by atoms with Crippen LogP contribution in [0.4, 0.5) is 24.5 Å². The van der Waals surface area contributed by atoms with Gasteiger partial charge in [-0.25, -0.2) is 13.2 Å². The number of anilines is 1. The third-order valence-corrected chi connectivity index (χ3v) is 3.39. The molecule has 0 spiro atoms. The van der Waals surface area contributed by atoms with E-state index in [1.165, 1.54) is 6.21 Å². The Labute approximate surface area is 127 Å². The number of benzene rings is 2. The van der Waals surface area contributed by atoms with Gasteiger partial charge in [0.2, 0.25) is 0 Å². The van der Waals surface area contributed by atoms with Crippen LogP contribution in [0, 0.1) is 17.5 Å². The lowest BCUT2D eigenvalue weighted by Crippen LogP contribution is -2.21. The van der Waals surface area contributed by atoms with Crippen LogP contribution < -0.4 is 4.90 Å². The molecule has 0 radical (unpaired) electrons. The molecule has 0 amide bonds. The van der Waals surface area contributed by atoms with Gasteiger partial charge in [0.1, 0.15) is 5.69 Å². The third kappa shape index (κ3) is 3.47. The molecular weight excluding hydrogens is 289 g/mol. The molecule has 0 N–H and O–H groups in total. The Bertz CT molecular complexity index is 662. The van der Waals surface area contributed by atoms with E-state index in [9.17, 15) is 13.2 Å². The number of halogens is 3. The summed E-state index contributed by atoms with van der Waals surface area (Å²) in [6, 6.07) is 9.53. The fraction of sp³-hybridized carbons (Fsp3) is 0.235. The first-order chi connectivity index (χ1) is 10.6. The second-order valence-electron chi connectivity index (χ2n) is 4.72. The van der Waals surface area contributed by atoms with Crippen LogP contribution in [0.3, 0.4) is 0 Å². The molecule has 0 aliphatic carbocycles. The maximum atomic E-state index is 13.5. The van der Waals surface area contributed by atoms with E-state index < -0.39 is 17.5 Å². The minimum absolute atomic E-state index is 0.230. The van der Waals surface area contributed by atoms with Crippen molar-refractivity contribution in [1.82, 2.24) is 0 Å². The van der Waals surface area contributed by atoms with Crippen LogP contribution in [0.15, 0.2) is 41.4 Å². The van der Waals surface area contributed by atoms with Gasteiger partial charge < -0.3 is 4.90 Å². The molecule has 2 rings (SSSR count). The second kappa shape index (κ2) is 7.11. The molecule has 116 valence electrons. The van der Waals surface area contributed by atoms with Gasteiger partial charge in [-0.2, -0.15) is 0 Å². The lowest BCUT2D eigenvalue weighted by atomic mass is 10.2. The van der Waals surface area contributed by atoms with Crippen molar-refractivity contribution in [2.24, 2.45) is 4.99 Å². The highest BCUT2D eigenvalue weighted by Crippen LogP contribution is 2.22. The van der Waals surface area contributed by atoms with Gasteiger partial charge in [-0.15, -0.1) is 0 Å². The highest BCUT2D eigenvalue weighted by molar-refractivity contribution is 5.82. The smallest absolute Gasteiger partial charge is 0.196 e. The summed E-state index contributed by atoms with van der Waals surface area (Å²) in [5, 5.41) is 0. The molecule has 0 saturated heterocycles. The van der Waals surface area contributed by atoms with E-state index in [2.05, 4.69) is 23.7 Å². The number of rotatable bonds is 5. The molecule has 0 fully saturated rings. The standard InChI is InChI=1S/C17H17F3N2/c1-3-22(4-2)13-7-5-12(6-8-13)11-21-15-10-9-14(18)16(19)17(15)20/h5-11H,3-4H2,1-2H3. The molecule has 0 aliphatic rings. The normalized spacial score (nSPS) is 11.1. The molecule has 0 bridgehead atoms. The van der Waals surface area contributed by atoms with Crippen molar-refractivity contribution in [3.05, 3.63) is 59.4 Å². The summed E-state index contributed by atoms with van der Waals surface area (Å²) in [5.74, 6) is -4.01. The van der Waals surface area contributed by atoms with Gasteiger partial charge in [-0.1, -0.05) is 12.1 Å². The van der Waals surface area contributed by atoms with Gasteiger partial charge >= 0.3 is 0 Å². The van der Waals surface area contributed by atoms with E-state index in [1.807, 2.05) is 24.3 Å². The molecular formula is C17H17F3N2. The first-order valence-electron chi connectivity index (χ1n) is 7.09. The third-order valence-electron chi connectivity index (χ3n) is 3.39. The molecule has 2 aromatic rings. The first-order valence-corrected chi connectivity index (χ1v) is 7.09. The molecule has 0 atom stereocenters. The van der Waals surface area contributed by atoms with Crippen LogP contribution in [0.1, 0.15) is 19.4 Å². The lowest BCUT2D eigenvalue weighted by Gasteiger charge is -2.20. The average molecular weight is 306 g/mol. The van der Waals surface area contributed by atoms with Crippen molar-refractivity contribution < 1.29 is 13.2 Å². The van der Waals surface area contributed by atoms with E-state index in [4.69, 9.17) is 0 Å². The fourth-order valence-corrected chi connectivity index (χ4v) is 2.12. The maximum Gasteiger partial charge on any atom is 0.196 e. The summed E-state index contributed by atoms with van der Waals surface area (Å²) in [4.78, 5) is 6.06. The quantitative estimate of drug-likeness (QED) is 0.577. The van der Waals surface area contributed by atoms with E-state index in [1.54, 1.807) is 0 Å². The summed E-state index contributed by atoms with van der Waals surface area (Å²) < 4.78 is 39.4. The highest BCUT2D eigenvalue weighted by atomic mass is 19.2. The molecule has 5 heteroatoms. The Hall–Kier alpha value is -2.30. The van der Waals surface area contributed by atoms with Crippen LogP contribution in [0.2, 0.25) is 0 Å².